The molecule has 0 spiro atoms. The van der Waals surface area contributed by atoms with Crippen LogP contribution in [0.25, 0.3) is 0 Å². The normalized spacial score (nSPS) is 10.9. The molecule has 1 aromatic heterocycles. The summed E-state index contributed by atoms with van der Waals surface area (Å²) in [7, 11) is 3.56. The van der Waals surface area contributed by atoms with Crippen molar-refractivity contribution in [1.82, 2.24) is 4.90 Å². The van der Waals surface area contributed by atoms with Crippen LogP contribution in [0.15, 0.2) is 16.7 Å². The molecule has 0 unspecified atom stereocenters. The van der Waals surface area contributed by atoms with Gasteiger partial charge >= 0.3 is 5.97 Å². The Morgan fingerprint density at radius 2 is 2.40 bits per heavy atom. The Labute approximate surface area is 88.2 Å². The van der Waals surface area contributed by atoms with Crippen molar-refractivity contribution >= 4 is 5.97 Å². The van der Waals surface area contributed by atoms with Crippen molar-refractivity contribution in [1.29, 1.82) is 0 Å². The molecule has 1 heterocycles. The number of rotatable bonds is 6. The quantitative estimate of drug-likeness (QED) is 0.765. The molecule has 0 amide bonds. The van der Waals surface area contributed by atoms with Gasteiger partial charge in [0, 0.05) is 13.7 Å². The molecule has 0 saturated heterocycles. The van der Waals surface area contributed by atoms with E-state index in [1.54, 1.807) is 7.11 Å². The lowest BCUT2D eigenvalue weighted by Crippen LogP contribution is -2.21. The molecule has 5 heteroatoms. The largest absolute Gasteiger partial charge is 0.478 e. The van der Waals surface area contributed by atoms with Crippen LogP contribution < -0.4 is 0 Å². The summed E-state index contributed by atoms with van der Waals surface area (Å²) in [6.07, 6.45) is 1.25. The van der Waals surface area contributed by atoms with Gasteiger partial charge in [-0.05, 0) is 13.1 Å². The molecule has 0 bridgehead atoms. The van der Waals surface area contributed by atoms with Crippen LogP contribution in [0.2, 0.25) is 0 Å². The summed E-state index contributed by atoms with van der Waals surface area (Å²) in [5.41, 5.74) is 0.185. The molecule has 0 atom stereocenters. The first kappa shape index (κ1) is 11.7. The zero-order chi connectivity index (χ0) is 11.3. The Bertz CT molecular complexity index is 321. The minimum Gasteiger partial charge on any atom is -0.478 e. The Hall–Kier alpha value is -1.33. The highest BCUT2D eigenvalue weighted by Crippen LogP contribution is 2.09. The van der Waals surface area contributed by atoms with Crippen LogP contribution in [-0.4, -0.2) is 43.3 Å². The van der Waals surface area contributed by atoms with Crippen LogP contribution in [0.5, 0.6) is 0 Å². The van der Waals surface area contributed by atoms with Gasteiger partial charge in [0.15, 0.2) is 0 Å². The van der Waals surface area contributed by atoms with Gasteiger partial charge in [-0.2, -0.15) is 0 Å². The van der Waals surface area contributed by atoms with Crippen LogP contribution in [0.4, 0.5) is 0 Å². The van der Waals surface area contributed by atoms with Gasteiger partial charge in [-0.1, -0.05) is 0 Å². The minimum absolute atomic E-state index is 0.185. The van der Waals surface area contributed by atoms with Crippen LogP contribution in [0.3, 0.4) is 0 Å². The molecule has 1 N–H and O–H groups in total. The zero-order valence-electron chi connectivity index (χ0n) is 8.90. The van der Waals surface area contributed by atoms with E-state index in [-0.39, 0.29) is 5.56 Å². The van der Waals surface area contributed by atoms with E-state index in [2.05, 4.69) is 0 Å². The summed E-state index contributed by atoms with van der Waals surface area (Å²) in [6.45, 7) is 2.00. The van der Waals surface area contributed by atoms with Gasteiger partial charge < -0.3 is 14.3 Å². The topological polar surface area (TPSA) is 62.9 Å². The summed E-state index contributed by atoms with van der Waals surface area (Å²) >= 11 is 0. The molecule has 1 aromatic rings. The number of methoxy groups -OCH3 is 1. The first-order chi connectivity index (χ1) is 7.13. The monoisotopic (exact) mass is 213 g/mol. The van der Waals surface area contributed by atoms with E-state index in [4.69, 9.17) is 14.3 Å². The fraction of sp³-hybridized carbons (Fsp3) is 0.500. The number of hydrogen-bond donors (Lipinski definition) is 1. The Morgan fingerprint density at radius 3 is 2.93 bits per heavy atom. The average Bonchev–Trinajstić information content (AvgIpc) is 2.63. The van der Waals surface area contributed by atoms with Crippen molar-refractivity contribution in [2.45, 2.75) is 6.54 Å². The van der Waals surface area contributed by atoms with Crippen LogP contribution in [0.1, 0.15) is 16.1 Å². The smallest absolute Gasteiger partial charge is 0.338 e. The highest BCUT2D eigenvalue weighted by atomic mass is 16.5. The number of likely N-dealkylation sites (N-methyl/N-ethyl adjacent to an activating group) is 1. The number of nitrogens with zero attached hydrogens (tertiary/aromatic N) is 1. The molecule has 0 fully saturated rings. The van der Waals surface area contributed by atoms with Crippen molar-refractivity contribution in [3.05, 3.63) is 23.7 Å². The highest BCUT2D eigenvalue weighted by Gasteiger charge is 2.09. The van der Waals surface area contributed by atoms with Crippen molar-refractivity contribution in [3.63, 3.8) is 0 Å². The molecule has 0 aliphatic heterocycles. The molecular weight excluding hydrogens is 198 g/mol. The van der Waals surface area contributed by atoms with Gasteiger partial charge in [0.2, 0.25) is 0 Å². The number of furan rings is 1. The summed E-state index contributed by atoms with van der Waals surface area (Å²) in [6, 6.07) is 1.53. The summed E-state index contributed by atoms with van der Waals surface area (Å²) < 4.78 is 10.0. The molecule has 0 saturated carbocycles. The van der Waals surface area contributed by atoms with Gasteiger partial charge in [-0.25, -0.2) is 4.79 Å². The van der Waals surface area contributed by atoms with Crippen LogP contribution in [0, 0.1) is 0 Å². The number of aromatic carboxylic acids is 1. The molecule has 1 rings (SSSR count). The lowest BCUT2D eigenvalue weighted by atomic mass is 10.3. The van der Waals surface area contributed by atoms with Gasteiger partial charge in [-0.3, -0.25) is 4.90 Å². The van der Waals surface area contributed by atoms with E-state index in [1.165, 1.54) is 12.3 Å². The number of carbonyl (C=O) groups is 1. The van der Waals surface area contributed by atoms with E-state index in [0.717, 1.165) is 6.54 Å². The standard InChI is InChI=1S/C10H15NO4/c1-11(3-4-14-2)6-9-5-8(7-15-9)10(12)13/h5,7H,3-4,6H2,1-2H3,(H,12,13). The number of hydrogen-bond acceptors (Lipinski definition) is 4. The molecule has 0 aliphatic rings. The van der Waals surface area contributed by atoms with E-state index in [0.29, 0.717) is 18.9 Å². The predicted octanol–water partition coefficient (Wildman–Crippen LogP) is 1.06. The Balaban J connectivity index is 2.46. The molecule has 0 radical (unpaired) electrons. The Morgan fingerprint density at radius 1 is 1.67 bits per heavy atom. The fourth-order valence-corrected chi connectivity index (χ4v) is 1.17. The van der Waals surface area contributed by atoms with Crippen molar-refractivity contribution in [2.24, 2.45) is 0 Å². The SMILES string of the molecule is COCCN(C)Cc1cc(C(=O)O)co1. The van der Waals surface area contributed by atoms with Gasteiger partial charge in [0.1, 0.15) is 12.0 Å². The molecule has 15 heavy (non-hydrogen) atoms. The van der Waals surface area contributed by atoms with Gasteiger partial charge in [0.25, 0.3) is 0 Å². The maximum atomic E-state index is 10.6. The summed E-state index contributed by atoms with van der Waals surface area (Å²) in [5.74, 6) is -0.324. The van der Waals surface area contributed by atoms with Gasteiger partial charge in [-0.15, -0.1) is 0 Å². The molecule has 0 aromatic carbocycles. The third kappa shape index (κ3) is 3.73. The lowest BCUT2D eigenvalue weighted by molar-refractivity contribution is 0.0696. The second-order valence-electron chi connectivity index (χ2n) is 3.34. The first-order valence-electron chi connectivity index (χ1n) is 4.61. The van der Waals surface area contributed by atoms with E-state index in [9.17, 15) is 4.79 Å². The third-order valence-electron chi connectivity index (χ3n) is 2.00. The fourth-order valence-electron chi connectivity index (χ4n) is 1.17. The second-order valence-corrected chi connectivity index (χ2v) is 3.34. The number of ether oxygens (including phenoxy) is 1. The molecule has 84 valence electrons. The maximum absolute atomic E-state index is 10.6. The lowest BCUT2D eigenvalue weighted by Gasteiger charge is -2.13. The first-order valence-corrected chi connectivity index (χ1v) is 4.61. The van der Waals surface area contributed by atoms with E-state index < -0.39 is 5.97 Å². The second kappa shape index (κ2) is 5.53. The van der Waals surface area contributed by atoms with Crippen molar-refractivity contribution in [3.8, 4) is 0 Å². The molecule has 5 nitrogen and oxygen atoms in total. The van der Waals surface area contributed by atoms with Crippen molar-refractivity contribution in [2.75, 3.05) is 27.3 Å². The van der Waals surface area contributed by atoms with Crippen LogP contribution >= 0.6 is 0 Å². The zero-order valence-corrected chi connectivity index (χ0v) is 8.90. The molecular formula is C10H15NO4. The van der Waals surface area contributed by atoms with Crippen LogP contribution in [-0.2, 0) is 11.3 Å². The average molecular weight is 213 g/mol. The third-order valence-corrected chi connectivity index (χ3v) is 2.00. The number of carboxylic acids is 1. The Kier molecular flexibility index (Phi) is 4.33. The van der Waals surface area contributed by atoms with E-state index >= 15 is 0 Å². The van der Waals surface area contributed by atoms with Crippen molar-refractivity contribution < 1.29 is 19.1 Å². The maximum Gasteiger partial charge on any atom is 0.338 e. The minimum atomic E-state index is -0.968. The molecule has 0 aliphatic carbocycles. The predicted molar refractivity (Wildman–Crippen MR) is 53.9 cm³/mol. The summed E-state index contributed by atoms with van der Waals surface area (Å²) in [5, 5.41) is 8.68. The number of carboxylic acid groups (broad SMARTS) is 1. The highest BCUT2D eigenvalue weighted by molar-refractivity contribution is 5.87. The van der Waals surface area contributed by atoms with Gasteiger partial charge in [0.05, 0.1) is 18.7 Å². The summed E-state index contributed by atoms with van der Waals surface area (Å²) in [4.78, 5) is 12.6. The van der Waals surface area contributed by atoms with E-state index in [1.807, 2.05) is 11.9 Å².